The highest BCUT2D eigenvalue weighted by Gasteiger charge is 2.21. The number of hydrogen-bond acceptors (Lipinski definition) is 4. The number of rotatable bonds is 10. The molecule has 2 amide bonds. The van der Waals surface area contributed by atoms with Crippen LogP contribution in [0.15, 0.2) is 59.6 Å². The molecule has 2 rings (SSSR count). The van der Waals surface area contributed by atoms with Crippen molar-refractivity contribution in [3.05, 3.63) is 60.2 Å². The maximum Gasteiger partial charge on any atom is 0.240 e. The first-order valence-electron chi connectivity index (χ1n) is 9.57. The van der Waals surface area contributed by atoms with Gasteiger partial charge in [-0.1, -0.05) is 54.6 Å². The van der Waals surface area contributed by atoms with E-state index in [0.29, 0.717) is 25.8 Å². The smallest absolute Gasteiger partial charge is 0.240 e. The van der Waals surface area contributed by atoms with E-state index >= 15 is 0 Å². The fourth-order valence-corrected chi connectivity index (χ4v) is 2.96. The summed E-state index contributed by atoms with van der Waals surface area (Å²) in [6, 6.07) is 16.2. The number of guanidine groups is 1. The Morgan fingerprint density at radius 1 is 1.00 bits per heavy atom. The molecule has 160 valence electrons. The Hall–Kier alpha value is -3.10. The number of hydrogen-bond donors (Lipinski definition) is 5. The van der Waals surface area contributed by atoms with Crippen LogP contribution < -0.4 is 27.4 Å². The van der Waals surface area contributed by atoms with Crippen molar-refractivity contribution in [1.29, 1.82) is 0 Å². The summed E-state index contributed by atoms with van der Waals surface area (Å²) in [5.41, 5.74) is 20.0. The molecular formula is C21H27ClN6O2. The van der Waals surface area contributed by atoms with Gasteiger partial charge in [0.25, 0.3) is 0 Å². The zero-order chi connectivity index (χ0) is 21.9. The van der Waals surface area contributed by atoms with E-state index in [9.17, 15) is 9.59 Å². The molecule has 9 heteroatoms. The molecule has 0 heterocycles. The molecule has 0 aliphatic rings. The molecule has 0 fully saturated rings. The Kier molecular flexibility index (Phi) is 9.11. The van der Waals surface area contributed by atoms with Crippen LogP contribution in [0.1, 0.15) is 18.4 Å². The molecule has 30 heavy (non-hydrogen) atoms. The number of amides is 2. The predicted molar refractivity (Wildman–Crippen MR) is 119 cm³/mol. The lowest BCUT2D eigenvalue weighted by atomic mass is 10.0. The fraction of sp³-hybridized carbons (Fsp3) is 0.286. The van der Waals surface area contributed by atoms with Crippen LogP contribution in [-0.2, 0) is 16.0 Å². The van der Waals surface area contributed by atoms with Gasteiger partial charge in [-0.2, -0.15) is 0 Å². The zero-order valence-electron chi connectivity index (χ0n) is 16.6. The lowest BCUT2D eigenvalue weighted by molar-refractivity contribution is -0.128. The van der Waals surface area contributed by atoms with Crippen LogP contribution in [0.4, 0.5) is 0 Å². The molecule has 0 saturated carbocycles. The van der Waals surface area contributed by atoms with E-state index in [0.717, 1.165) is 16.7 Å². The van der Waals surface area contributed by atoms with Gasteiger partial charge in [-0.05, 0) is 36.0 Å². The average Bonchev–Trinajstić information content (AvgIpc) is 2.76. The molecule has 8 nitrogen and oxygen atoms in total. The maximum absolute atomic E-state index is 12.4. The summed E-state index contributed by atoms with van der Waals surface area (Å²) in [7, 11) is 0. The number of nitrogens with one attached hydrogen (secondary N) is 2. The van der Waals surface area contributed by atoms with Gasteiger partial charge in [-0.25, -0.2) is 0 Å². The summed E-state index contributed by atoms with van der Waals surface area (Å²) in [4.78, 5) is 30.2. The first kappa shape index (κ1) is 23.2. The van der Waals surface area contributed by atoms with Crippen LogP contribution in [-0.4, -0.2) is 36.4 Å². The maximum atomic E-state index is 12.4. The zero-order valence-corrected chi connectivity index (χ0v) is 17.3. The lowest BCUT2D eigenvalue weighted by Crippen LogP contribution is -2.51. The molecule has 0 spiro atoms. The molecule has 0 saturated heterocycles. The largest absolute Gasteiger partial charge is 0.369 e. The standard InChI is InChI=1S/C21H27ClN6O2/c22-28-21(25)26-12-4-7-18(19(24)29)27-20(30)17(23)13-14-8-10-16(11-9-14)15-5-2-1-3-6-15/h1-3,5-6,8-11,17-18H,4,7,12-13,23H2,(H2,24,29)(H,27,30)(H3,25,26,28)/t17-,18-/m1/s1. The van der Waals surface area contributed by atoms with Gasteiger partial charge in [0.1, 0.15) is 6.04 Å². The Balaban J connectivity index is 1.88. The van der Waals surface area contributed by atoms with Crippen LogP contribution in [0.3, 0.4) is 0 Å². The first-order chi connectivity index (χ1) is 14.4. The van der Waals surface area contributed by atoms with Gasteiger partial charge in [0.05, 0.1) is 6.04 Å². The van der Waals surface area contributed by atoms with E-state index in [2.05, 4.69) is 15.1 Å². The molecule has 0 unspecified atom stereocenters. The van der Waals surface area contributed by atoms with Gasteiger partial charge in [-0.3, -0.25) is 19.4 Å². The topological polar surface area (TPSA) is 149 Å². The van der Waals surface area contributed by atoms with Crippen molar-refractivity contribution in [1.82, 2.24) is 10.2 Å². The quantitative estimate of drug-likeness (QED) is 0.165. The number of nitrogens with two attached hydrogens (primary N) is 3. The first-order valence-corrected chi connectivity index (χ1v) is 9.94. The number of carbonyl (C=O) groups excluding carboxylic acids is 2. The number of primary amides is 1. The molecule has 2 atom stereocenters. The Morgan fingerprint density at radius 3 is 2.23 bits per heavy atom. The minimum absolute atomic E-state index is 0.0802. The SMILES string of the molecule is NC(=O)[C@@H](CCCN=C(N)NCl)NC(=O)[C@H](N)Cc1ccc(-c2ccccc2)cc1. The van der Waals surface area contributed by atoms with Crippen molar-refractivity contribution in [2.45, 2.75) is 31.3 Å². The highest BCUT2D eigenvalue weighted by molar-refractivity contribution is 6.21. The number of nitrogens with zero attached hydrogens (tertiary/aromatic N) is 1. The molecule has 0 aliphatic heterocycles. The number of halogens is 1. The van der Waals surface area contributed by atoms with Crippen LogP contribution >= 0.6 is 11.8 Å². The predicted octanol–water partition coefficient (Wildman–Crippen LogP) is 1.03. The van der Waals surface area contributed by atoms with Crippen molar-refractivity contribution < 1.29 is 9.59 Å². The summed E-state index contributed by atoms with van der Waals surface area (Å²) < 4.78 is 0. The molecule has 8 N–H and O–H groups in total. The van der Waals surface area contributed by atoms with E-state index in [1.165, 1.54) is 0 Å². The van der Waals surface area contributed by atoms with E-state index in [-0.39, 0.29) is 5.96 Å². The van der Waals surface area contributed by atoms with Gasteiger partial charge in [0.15, 0.2) is 0 Å². The van der Waals surface area contributed by atoms with Gasteiger partial charge >= 0.3 is 0 Å². The van der Waals surface area contributed by atoms with Gasteiger partial charge in [-0.15, -0.1) is 0 Å². The van der Waals surface area contributed by atoms with Crippen molar-refractivity contribution >= 4 is 29.6 Å². The second-order valence-corrected chi connectivity index (χ2v) is 7.03. The van der Waals surface area contributed by atoms with Crippen molar-refractivity contribution in [2.75, 3.05) is 6.54 Å². The Labute approximate surface area is 181 Å². The van der Waals surface area contributed by atoms with Gasteiger partial charge in [0, 0.05) is 18.3 Å². The molecule has 0 aromatic heterocycles. The second kappa shape index (κ2) is 11.8. The number of aliphatic imine (C=N–C) groups is 1. The third kappa shape index (κ3) is 7.38. The molecule has 0 aliphatic carbocycles. The monoisotopic (exact) mass is 430 g/mol. The van der Waals surface area contributed by atoms with Crippen LogP contribution in [0.25, 0.3) is 11.1 Å². The van der Waals surface area contributed by atoms with Crippen molar-refractivity contribution in [3.63, 3.8) is 0 Å². The number of carbonyl (C=O) groups is 2. The lowest BCUT2D eigenvalue weighted by Gasteiger charge is -2.18. The highest BCUT2D eigenvalue weighted by Crippen LogP contribution is 2.19. The highest BCUT2D eigenvalue weighted by atomic mass is 35.5. The molecule has 0 radical (unpaired) electrons. The minimum Gasteiger partial charge on any atom is -0.369 e. The Morgan fingerprint density at radius 2 is 1.63 bits per heavy atom. The molecule has 2 aromatic carbocycles. The summed E-state index contributed by atoms with van der Waals surface area (Å²) in [5.74, 6) is -0.983. The summed E-state index contributed by atoms with van der Waals surface area (Å²) in [6.07, 6.45) is 1.15. The summed E-state index contributed by atoms with van der Waals surface area (Å²) in [5, 5.41) is 2.62. The summed E-state index contributed by atoms with van der Waals surface area (Å²) in [6.45, 7) is 0.338. The molecule has 2 aromatic rings. The molecular weight excluding hydrogens is 404 g/mol. The second-order valence-electron chi connectivity index (χ2n) is 6.84. The van der Waals surface area contributed by atoms with Crippen LogP contribution in [0, 0.1) is 0 Å². The van der Waals surface area contributed by atoms with Crippen molar-refractivity contribution in [3.8, 4) is 11.1 Å². The third-order valence-corrected chi connectivity index (χ3v) is 4.74. The average molecular weight is 431 g/mol. The third-order valence-electron chi connectivity index (χ3n) is 4.54. The van der Waals surface area contributed by atoms with Crippen LogP contribution in [0.2, 0.25) is 0 Å². The van der Waals surface area contributed by atoms with Gasteiger partial charge in [0.2, 0.25) is 17.8 Å². The van der Waals surface area contributed by atoms with Gasteiger partial charge < -0.3 is 22.5 Å². The number of benzene rings is 2. The van der Waals surface area contributed by atoms with Crippen LogP contribution in [0.5, 0.6) is 0 Å². The van der Waals surface area contributed by atoms with Crippen molar-refractivity contribution in [2.24, 2.45) is 22.2 Å². The van der Waals surface area contributed by atoms with E-state index in [1.54, 1.807) is 0 Å². The summed E-state index contributed by atoms with van der Waals surface area (Å²) >= 11 is 5.30. The normalized spacial score (nSPS) is 13.3. The Bertz CT molecular complexity index is 858. The minimum atomic E-state index is -0.829. The fourth-order valence-electron chi connectivity index (χ4n) is 2.90. The van der Waals surface area contributed by atoms with E-state index < -0.39 is 23.9 Å². The van der Waals surface area contributed by atoms with E-state index in [4.69, 9.17) is 29.0 Å². The molecule has 0 bridgehead atoms. The van der Waals surface area contributed by atoms with E-state index in [1.807, 2.05) is 54.6 Å².